The zero-order chi connectivity index (χ0) is 14.4. The fourth-order valence-corrected chi connectivity index (χ4v) is 1.52. The molecule has 5 nitrogen and oxygen atoms in total. The number of rotatable bonds is 5. The van der Waals surface area contributed by atoms with Crippen LogP contribution in [0.4, 0.5) is 4.79 Å². The molecule has 1 aromatic carbocycles. The molecule has 0 heterocycles. The van der Waals surface area contributed by atoms with Gasteiger partial charge in [0.05, 0.1) is 0 Å². The summed E-state index contributed by atoms with van der Waals surface area (Å²) < 4.78 is 4.99. The van der Waals surface area contributed by atoms with E-state index in [2.05, 4.69) is 5.32 Å². The van der Waals surface area contributed by atoms with Crippen LogP contribution in [0.25, 0.3) is 0 Å². The number of alkyl carbamates (subject to hydrolysis) is 1. The minimum absolute atomic E-state index is 0.122. The Morgan fingerprint density at radius 2 is 1.84 bits per heavy atom. The van der Waals surface area contributed by atoms with E-state index in [4.69, 9.17) is 9.84 Å². The van der Waals surface area contributed by atoms with E-state index in [0.29, 0.717) is 0 Å². The van der Waals surface area contributed by atoms with Crippen molar-refractivity contribution in [3.63, 3.8) is 0 Å². The summed E-state index contributed by atoms with van der Waals surface area (Å²) in [5.41, 5.74) is 1.98. The molecule has 1 atom stereocenters. The maximum Gasteiger partial charge on any atom is 0.408 e. The van der Waals surface area contributed by atoms with Crippen LogP contribution in [0.15, 0.2) is 24.3 Å². The lowest BCUT2D eigenvalue weighted by Crippen LogP contribution is -2.44. The lowest BCUT2D eigenvalue weighted by Gasteiger charge is -2.17. The molecule has 5 heteroatoms. The number of aryl methyl sites for hydroxylation is 1. The van der Waals surface area contributed by atoms with Gasteiger partial charge in [-0.15, -0.1) is 0 Å². The molecule has 0 radical (unpaired) electrons. The van der Waals surface area contributed by atoms with Gasteiger partial charge in [-0.25, -0.2) is 9.59 Å². The van der Waals surface area contributed by atoms with Crippen LogP contribution in [-0.2, 0) is 16.1 Å². The highest BCUT2D eigenvalue weighted by molar-refractivity contribution is 5.80. The first kappa shape index (κ1) is 15.0. The summed E-state index contributed by atoms with van der Waals surface area (Å²) in [6.07, 6.45) is -0.721. The number of carboxylic acid groups (broad SMARTS) is 1. The smallest absolute Gasteiger partial charge is 0.408 e. The van der Waals surface area contributed by atoms with Crippen molar-refractivity contribution in [2.75, 3.05) is 0 Å². The first-order valence-electron chi connectivity index (χ1n) is 6.11. The van der Waals surface area contributed by atoms with E-state index in [1.54, 1.807) is 13.8 Å². The molecule has 1 amide bonds. The number of hydrogen-bond acceptors (Lipinski definition) is 3. The second-order valence-corrected chi connectivity index (χ2v) is 4.77. The van der Waals surface area contributed by atoms with E-state index >= 15 is 0 Å². The molecule has 0 bridgehead atoms. The number of carbonyl (C=O) groups excluding carboxylic acids is 1. The van der Waals surface area contributed by atoms with Gasteiger partial charge in [0, 0.05) is 0 Å². The number of benzene rings is 1. The van der Waals surface area contributed by atoms with Crippen LogP contribution in [0.1, 0.15) is 25.0 Å². The summed E-state index contributed by atoms with van der Waals surface area (Å²) in [5, 5.41) is 11.3. The zero-order valence-corrected chi connectivity index (χ0v) is 11.3. The summed E-state index contributed by atoms with van der Waals surface area (Å²) in [5.74, 6) is -1.27. The molecule has 0 saturated heterocycles. The highest BCUT2D eigenvalue weighted by Crippen LogP contribution is 2.06. The van der Waals surface area contributed by atoms with Crippen LogP contribution < -0.4 is 5.32 Å². The Morgan fingerprint density at radius 1 is 1.26 bits per heavy atom. The van der Waals surface area contributed by atoms with Gasteiger partial charge in [-0.05, 0) is 18.4 Å². The largest absolute Gasteiger partial charge is 0.480 e. The maximum absolute atomic E-state index is 11.5. The van der Waals surface area contributed by atoms with Gasteiger partial charge < -0.3 is 15.2 Å². The number of aliphatic carboxylic acids is 1. The Hall–Kier alpha value is -2.04. The third kappa shape index (κ3) is 4.99. The number of carbonyl (C=O) groups is 2. The Bertz CT molecular complexity index is 439. The molecular formula is C14H19NO4. The van der Waals surface area contributed by atoms with E-state index in [0.717, 1.165) is 11.1 Å². The average Bonchev–Trinajstić information content (AvgIpc) is 2.34. The van der Waals surface area contributed by atoms with Gasteiger partial charge in [0.1, 0.15) is 12.6 Å². The van der Waals surface area contributed by atoms with E-state index < -0.39 is 18.1 Å². The highest BCUT2D eigenvalue weighted by atomic mass is 16.5. The molecule has 0 aliphatic heterocycles. The predicted octanol–water partition coefficient (Wildman–Crippen LogP) is 2.33. The van der Waals surface area contributed by atoms with Gasteiger partial charge in [0.2, 0.25) is 0 Å². The van der Waals surface area contributed by atoms with E-state index in [1.807, 2.05) is 31.2 Å². The van der Waals surface area contributed by atoms with Crippen LogP contribution in [0.3, 0.4) is 0 Å². The summed E-state index contributed by atoms with van der Waals surface area (Å²) >= 11 is 0. The second-order valence-electron chi connectivity index (χ2n) is 4.77. The molecule has 0 aromatic heterocycles. The molecule has 0 fully saturated rings. The third-order valence-electron chi connectivity index (χ3n) is 2.70. The van der Waals surface area contributed by atoms with Gasteiger partial charge in [-0.1, -0.05) is 43.7 Å². The number of carboxylic acids is 1. The fraction of sp³-hybridized carbons (Fsp3) is 0.429. The standard InChI is InChI=1S/C14H19NO4/c1-9(2)12(13(16)17)15-14(18)19-8-11-6-4-10(3)5-7-11/h4-7,9,12H,8H2,1-3H3,(H,15,18)(H,16,17)/t12-/m0/s1. The first-order chi connectivity index (χ1) is 8.90. The maximum atomic E-state index is 11.5. The zero-order valence-electron chi connectivity index (χ0n) is 11.3. The topological polar surface area (TPSA) is 75.6 Å². The molecule has 2 N–H and O–H groups in total. The molecule has 0 aliphatic rings. The van der Waals surface area contributed by atoms with Gasteiger partial charge in [-0.3, -0.25) is 0 Å². The first-order valence-corrected chi connectivity index (χ1v) is 6.11. The number of hydrogen-bond donors (Lipinski definition) is 2. The molecule has 104 valence electrons. The van der Waals surface area contributed by atoms with Crippen LogP contribution in [0.2, 0.25) is 0 Å². The molecule has 1 rings (SSSR count). The number of ether oxygens (including phenoxy) is 1. The predicted molar refractivity (Wildman–Crippen MR) is 70.8 cm³/mol. The second kappa shape index (κ2) is 6.78. The molecule has 19 heavy (non-hydrogen) atoms. The van der Waals surface area contributed by atoms with Crippen molar-refractivity contribution < 1.29 is 19.4 Å². The molecular weight excluding hydrogens is 246 g/mol. The van der Waals surface area contributed by atoms with Gasteiger partial charge in [0.25, 0.3) is 0 Å². The average molecular weight is 265 g/mol. The monoisotopic (exact) mass is 265 g/mol. The van der Waals surface area contributed by atoms with E-state index in [-0.39, 0.29) is 12.5 Å². The Kier molecular flexibility index (Phi) is 5.36. The van der Waals surface area contributed by atoms with Crippen molar-refractivity contribution in [1.82, 2.24) is 5.32 Å². The lowest BCUT2D eigenvalue weighted by molar-refractivity contribution is -0.140. The third-order valence-corrected chi connectivity index (χ3v) is 2.70. The Morgan fingerprint density at radius 3 is 2.32 bits per heavy atom. The fourth-order valence-electron chi connectivity index (χ4n) is 1.52. The minimum Gasteiger partial charge on any atom is -0.480 e. The van der Waals surface area contributed by atoms with E-state index in [9.17, 15) is 9.59 Å². The molecule has 0 saturated carbocycles. The number of amides is 1. The van der Waals surface area contributed by atoms with Crippen molar-refractivity contribution in [2.45, 2.75) is 33.4 Å². The number of nitrogens with one attached hydrogen (secondary N) is 1. The lowest BCUT2D eigenvalue weighted by atomic mass is 10.1. The quantitative estimate of drug-likeness (QED) is 0.856. The van der Waals surface area contributed by atoms with Crippen molar-refractivity contribution in [1.29, 1.82) is 0 Å². The van der Waals surface area contributed by atoms with Crippen LogP contribution >= 0.6 is 0 Å². The summed E-state index contributed by atoms with van der Waals surface area (Å²) in [7, 11) is 0. The SMILES string of the molecule is Cc1ccc(COC(=O)N[C@H](C(=O)O)C(C)C)cc1. The van der Waals surface area contributed by atoms with Crippen molar-refractivity contribution in [3.05, 3.63) is 35.4 Å². The Labute approximate surface area is 112 Å². The molecule has 1 aromatic rings. The van der Waals surface area contributed by atoms with Crippen molar-refractivity contribution >= 4 is 12.1 Å². The van der Waals surface area contributed by atoms with Gasteiger partial charge in [0.15, 0.2) is 0 Å². The molecule has 0 spiro atoms. The summed E-state index contributed by atoms with van der Waals surface area (Å²) in [4.78, 5) is 22.4. The van der Waals surface area contributed by atoms with Crippen LogP contribution in [0, 0.1) is 12.8 Å². The van der Waals surface area contributed by atoms with Crippen LogP contribution in [0.5, 0.6) is 0 Å². The molecule has 0 unspecified atom stereocenters. The van der Waals surface area contributed by atoms with Gasteiger partial charge >= 0.3 is 12.1 Å². The molecule has 0 aliphatic carbocycles. The van der Waals surface area contributed by atoms with Gasteiger partial charge in [-0.2, -0.15) is 0 Å². The minimum atomic E-state index is -1.07. The summed E-state index contributed by atoms with van der Waals surface area (Å²) in [6, 6.07) is 6.63. The van der Waals surface area contributed by atoms with Crippen LogP contribution in [-0.4, -0.2) is 23.2 Å². The highest BCUT2D eigenvalue weighted by Gasteiger charge is 2.23. The van der Waals surface area contributed by atoms with Crippen molar-refractivity contribution in [3.8, 4) is 0 Å². The normalized spacial score (nSPS) is 12.0. The Balaban J connectivity index is 2.47. The van der Waals surface area contributed by atoms with Crippen molar-refractivity contribution in [2.24, 2.45) is 5.92 Å². The summed E-state index contributed by atoms with van der Waals surface area (Å²) in [6.45, 7) is 5.53. The van der Waals surface area contributed by atoms with E-state index in [1.165, 1.54) is 0 Å².